The fourth-order valence-corrected chi connectivity index (χ4v) is 10.5. The first kappa shape index (κ1) is 13.5. The summed E-state index contributed by atoms with van der Waals surface area (Å²) in [6.45, 7) is 7.50. The van der Waals surface area contributed by atoms with Crippen LogP contribution in [0, 0.1) is 39.9 Å². The lowest BCUT2D eigenvalue weighted by atomic mass is 9.43. The minimum atomic E-state index is -0.737. The molecule has 0 amide bonds. The molecule has 4 nitrogen and oxygen atoms in total. The molecule has 0 aromatic rings. The quantitative estimate of drug-likeness (QED) is 0.659. The van der Waals surface area contributed by atoms with Crippen LogP contribution in [-0.4, -0.2) is 45.3 Å². The molecular weight excluding hydrogens is 302 g/mol. The maximum absolute atomic E-state index is 13.1. The molecular formula is C20H25NO3. The molecule has 1 unspecified atom stereocenters. The van der Waals surface area contributed by atoms with Gasteiger partial charge < -0.3 is 10.2 Å². The van der Waals surface area contributed by atoms with Crippen LogP contribution in [0.25, 0.3) is 0 Å². The Hall–Kier alpha value is -0.710. The lowest BCUT2D eigenvalue weighted by Gasteiger charge is -2.60. The largest absolute Gasteiger partial charge is 0.393 e. The van der Waals surface area contributed by atoms with Gasteiger partial charge in [-0.15, -0.1) is 0 Å². The zero-order valence-electron chi connectivity index (χ0n) is 14.2. The van der Waals surface area contributed by atoms with Crippen molar-refractivity contribution in [1.82, 2.24) is 4.90 Å². The van der Waals surface area contributed by atoms with Crippen LogP contribution in [0.4, 0.5) is 0 Å². The summed E-state index contributed by atoms with van der Waals surface area (Å²) in [7, 11) is 0. The fourth-order valence-electron chi connectivity index (χ4n) is 10.5. The number of rotatable bonds is 0. The van der Waals surface area contributed by atoms with Crippen LogP contribution in [0.2, 0.25) is 0 Å². The third-order valence-electron chi connectivity index (χ3n) is 9.88. The molecule has 8 rings (SSSR count). The third-order valence-corrected chi connectivity index (χ3v) is 9.88. The number of hydrogen-bond donors (Lipinski definition) is 2. The van der Waals surface area contributed by atoms with Gasteiger partial charge in [-0.05, 0) is 48.3 Å². The second-order valence-electron chi connectivity index (χ2n) is 10.7. The van der Waals surface area contributed by atoms with Gasteiger partial charge in [0.1, 0.15) is 11.5 Å². The molecule has 24 heavy (non-hydrogen) atoms. The van der Waals surface area contributed by atoms with Crippen molar-refractivity contribution in [3.8, 4) is 0 Å². The molecule has 128 valence electrons. The van der Waals surface area contributed by atoms with Gasteiger partial charge in [-0.1, -0.05) is 19.1 Å². The summed E-state index contributed by atoms with van der Waals surface area (Å²) in [5.74, 6) is 1.51. The molecule has 11 atom stereocenters. The lowest BCUT2D eigenvalue weighted by molar-refractivity contribution is -0.211. The van der Waals surface area contributed by atoms with Gasteiger partial charge in [-0.3, -0.25) is 9.69 Å². The Morgan fingerprint density at radius 2 is 2.12 bits per heavy atom. The van der Waals surface area contributed by atoms with E-state index in [1.54, 1.807) is 0 Å². The van der Waals surface area contributed by atoms with E-state index in [9.17, 15) is 15.0 Å². The number of Topliss-reactive ketones (excluding diaryl/α,β-unsaturated/α-hetero) is 1. The van der Waals surface area contributed by atoms with Crippen LogP contribution in [-0.2, 0) is 4.79 Å². The second-order valence-corrected chi connectivity index (χ2v) is 10.7. The Balaban J connectivity index is 1.59. The predicted molar refractivity (Wildman–Crippen MR) is 85.6 cm³/mol. The van der Waals surface area contributed by atoms with E-state index in [4.69, 9.17) is 0 Å². The van der Waals surface area contributed by atoms with Gasteiger partial charge in [0, 0.05) is 36.3 Å². The van der Waals surface area contributed by atoms with Gasteiger partial charge >= 0.3 is 0 Å². The average Bonchev–Trinajstić information content (AvgIpc) is 2.89. The first-order valence-corrected chi connectivity index (χ1v) is 9.66. The van der Waals surface area contributed by atoms with E-state index in [2.05, 4.69) is 18.4 Å². The van der Waals surface area contributed by atoms with Crippen molar-refractivity contribution in [1.29, 1.82) is 0 Å². The number of nitrogens with zero attached hydrogens (tertiary/aromatic N) is 1. The zero-order valence-corrected chi connectivity index (χ0v) is 14.2. The highest BCUT2D eigenvalue weighted by atomic mass is 16.3. The van der Waals surface area contributed by atoms with Gasteiger partial charge in [0.25, 0.3) is 0 Å². The number of carbonyl (C=O) groups is 1. The van der Waals surface area contributed by atoms with Crippen molar-refractivity contribution in [3.05, 3.63) is 12.2 Å². The number of hydrogen-bond acceptors (Lipinski definition) is 4. The summed E-state index contributed by atoms with van der Waals surface area (Å²) < 4.78 is 0. The molecule has 9 bridgehead atoms. The van der Waals surface area contributed by atoms with E-state index in [-0.39, 0.29) is 40.2 Å². The molecule has 0 aromatic heterocycles. The van der Waals surface area contributed by atoms with Gasteiger partial charge in [0.2, 0.25) is 0 Å². The Kier molecular flexibility index (Phi) is 1.79. The zero-order chi connectivity index (χ0) is 16.4. The van der Waals surface area contributed by atoms with Crippen molar-refractivity contribution in [2.45, 2.75) is 56.9 Å². The maximum Gasteiger partial charge on any atom is 0.138 e. The van der Waals surface area contributed by atoms with E-state index < -0.39 is 5.72 Å². The average molecular weight is 327 g/mol. The van der Waals surface area contributed by atoms with Gasteiger partial charge in [0.05, 0.1) is 6.10 Å². The van der Waals surface area contributed by atoms with Gasteiger partial charge in [0.15, 0.2) is 0 Å². The van der Waals surface area contributed by atoms with Crippen LogP contribution in [0.1, 0.15) is 39.0 Å². The summed E-state index contributed by atoms with van der Waals surface area (Å²) >= 11 is 0. The summed E-state index contributed by atoms with van der Waals surface area (Å²) in [6, 6.07) is 0.180. The van der Waals surface area contributed by atoms with Crippen molar-refractivity contribution in [2.75, 3.05) is 6.54 Å². The first-order chi connectivity index (χ1) is 11.3. The normalized spacial score (nSPS) is 73.0. The van der Waals surface area contributed by atoms with Crippen LogP contribution >= 0.6 is 0 Å². The highest BCUT2D eigenvalue weighted by Crippen LogP contribution is 2.89. The topological polar surface area (TPSA) is 60.8 Å². The van der Waals surface area contributed by atoms with Crippen molar-refractivity contribution in [3.63, 3.8) is 0 Å². The SMILES string of the molecule is C=C1C[C@]23C[C@@]4(O)[C@@H]5[C@@]6(C)C[C@H](O)C[C@@]57[C@@H]2[C@@H]1CC(=O)[C@@H]3[C@H]7N4C6. The van der Waals surface area contributed by atoms with Crippen LogP contribution in [0.15, 0.2) is 12.2 Å². The third kappa shape index (κ3) is 0.926. The summed E-state index contributed by atoms with van der Waals surface area (Å²) in [6.07, 6.45) is 3.68. The van der Waals surface area contributed by atoms with Crippen molar-refractivity contribution < 1.29 is 15.0 Å². The molecule has 2 spiro atoms. The molecule has 5 saturated carbocycles. The monoisotopic (exact) mass is 327 g/mol. The molecule has 0 radical (unpaired) electrons. The lowest BCUT2D eigenvalue weighted by Crippen LogP contribution is -2.62. The molecule has 4 heteroatoms. The van der Waals surface area contributed by atoms with E-state index in [0.717, 1.165) is 32.2 Å². The van der Waals surface area contributed by atoms with E-state index >= 15 is 0 Å². The maximum atomic E-state index is 13.1. The number of piperidine rings is 2. The highest BCUT2D eigenvalue weighted by molar-refractivity contribution is 5.87. The summed E-state index contributed by atoms with van der Waals surface area (Å²) in [5, 5.41) is 22.6. The predicted octanol–water partition coefficient (Wildman–Crippen LogP) is 1.32. The van der Waals surface area contributed by atoms with Gasteiger partial charge in [-0.25, -0.2) is 0 Å². The summed E-state index contributed by atoms with van der Waals surface area (Å²) in [5.41, 5.74) is 0.405. The standard InChI is InChI=1S/C20H25NO3/c1-9-4-18-7-20(24)16-17(2)5-10(22)6-19(16)14(18)11(9)3-12(23)13(18)15(19)21(20)8-17/h10-11,13-16,22,24H,1,3-8H2,2H3/t10-,11+,13+,14+,15+,16+,17-,18+,19-,20+/m0/s1. The van der Waals surface area contributed by atoms with Crippen molar-refractivity contribution in [2.24, 2.45) is 39.9 Å². The van der Waals surface area contributed by atoms with Crippen LogP contribution < -0.4 is 0 Å². The number of carbonyl (C=O) groups excluding carboxylic acids is 1. The Morgan fingerprint density at radius 1 is 1.33 bits per heavy atom. The smallest absolute Gasteiger partial charge is 0.138 e. The molecule has 3 aliphatic heterocycles. The Labute approximate surface area is 141 Å². The number of aliphatic hydroxyl groups is 2. The minimum absolute atomic E-state index is 0.00811. The minimum Gasteiger partial charge on any atom is -0.393 e. The number of allylic oxidation sites excluding steroid dienone is 1. The van der Waals surface area contributed by atoms with E-state index in [0.29, 0.717) is 24.0 Å². The molecule has 3 heterocycles. The summed E-state index contributed by atoms with van der Waals surface area (Å²) in [4.78, 5) is 15.5. The first-order valence-electron chi connectivity index (χ1n) is 9.66. The van der Waals surface area contributed by atoms with Crippen molar-refractivity contribution >= 4 is 5.78 Å². The van der Waals surface area contributed by atoms with E-state index in [1.165, 1.54) is 5.57 Å². The highest BCUT2D eigenvalue weighted by Gasteiger charge is 2.93. The van der Waals surface area contributed by atoms with Gasteiger partial charge in [-0.2, -0.15) is 0 Å². The molecule has 8 aliphatic rings. The fraction of sp³-hybridized carbons (Fsp3) is 0.850. The molecule has 5 aliphatic carbocycles. The molecule has 2 N–H and O–H groups in total. The molecule has 3 saturated heterocycles. The van der Waals surface area contributed by atoms with Crippen LogP contribution in [0.3, 0.4) is 0 Å². The number of aliphatic hydroxyl groups excluding tert-OH is 1. The Morgan fingerprint density at radius 3 is 2.92 bits per heavy atom. The number of ketones is 1. The molecule has 0 aromatic carbocycles. The second kappa shape index (κ2) is 3.19. The van der Waals surface area contributed by atoms with Crippen LogP contribution in [0.5, 0.6) is 0 Å². The van der Waals surface area contributed by atoms with E-state index in [1.807, 2.05) is 0 Å². The Bertz CT molecular complexity index is 764. The molecule has 8 fully saturated rings.